The van der Waals surface area contributed by atoms with Crippen LogP contribution in [0.4, 0.5) is 5.69 Å². The van der Waals surface area contributed by atoms with Gasteiger partial charge in [-0.1, -0.05) is 41.9 Å². The number of hydrogen-bond acceptors (Lipinski definition) is 3. The number of carbonyl (C=O) groups is 2. The fraction of sp³-hybridized carbons (Fsp3) is 0.280. The highest BCUT2D eigenvalue weighted by atomic mass is 35.5. The van der Waals surface area contributed by atoms with Crippen molar-refractivity contribution in [3.05, 3.63) is 88.2 Å². The van der Waals surface area contributed by atoms with E-state index in [1.54, 1.807) is 18.2 Å². The van der Waals surface area contributed by atoms with Crippen LogP contribution in [0, 0.1) is 6.92 Å². The highest BCUT2D eigenvalue weighted by molar-refractivity contribution is 6.40. The molecule has 1 aromatic heterocycles. The van der Waals surface area contributed by atoms with Crippen LogP contribution in [0.5, 0.6) is 0 Å². The lowest BCUT2D eigenvalue weighted by molar-refractivity contribution is -0.136. The lowest BCUT2D eigenvalue weighted by Gasteiger charge is -2.36. The van der Waals surface area contributed by atoms with Crippen molar-refractivity contribution in [3.8, 4) is 0 Å². The second kappa shape index (κ2) is 9.59. The van der Waals surface area contributed by atoms with E-state index in [9.17, 15) is 9.59 Å². The van der Waals surface area contributed by atoms with Gasteiger partial charge in [-0.2, -0.15) is 0 Å². The second-order valence-electron chi connectivity index (χ2n) is 8.17. The number of aryl methyl sites for hydroxylation is 2. The number of hydrogen-bond donors (Lipinski definition) is 2. The summed E-state index contributed by atoms with van der Waals surface area (Å²) < 4.78 is 2.06. The summed E-state index contributed by atoms with van der Waals surface area (Å²) in [6.45, 7) is 3.87. The van der Waals surface area contributed by atoms with Gasteiger partial charge in [0.1, 0.15) is 0 Å². The number of carbonyl (C=O) groups excluding carboxylic acids is 2. The van der Waals surface area contributed by atoms with Gasteiger partial charge in [-0.05, 0) is 54.3 Å². The van der Waals surface area contributed by atoms with Crippen molar-refractivity contribution in [2.45, 2.75) is 25.9 Å². The number of benzene rings is 2. The molecule has 0 saturated heterocycles. The summed E-state index contributed by atoms with van der Waals surface area (Å²) in [4.78, 5) is 27.5. The van der Waals surface area contributed by atoms with E-state index in [0.29, 0.717) is 17.3 Å². The first-order chi connectivity index (χ1) is 15.4. The third-order valence-corrected chi connectivity index (χ3v) is 6.27. The van der Waals surface area contributed by atoms with Crippen molar-refractivity contribution in [1.29, 1.82) is 0 Å². The first-order valence-electron chi connectivity index (χ1n) is 10.7. The zero-order valence-corrected chi connectivity index (χ0v) is 19.0. The Hall–Kier alpha value is -3.09. The first kappa shape index (κ1) is 22.1. The van der Waals surface area contributed by atoms with Gasteiger partial charge in [0.05, 0.1) is 6.04 Å². The number of anilines is 1. The van der Waals surface area contributed by atoms with Crippen LogP contribution in [-0.2, 0) is 29.6 Å². The number of nitrogens with zero attached hydrogens (tertiary/aromatic N) is 2. The second-order valence-corrected chi connectivity index (χ2v) is 8.61. The molecule has 0 spiro atoms. The number of rotatable bonds is 5. The Labute approximate surface area is 193 Å². The molecular formula is C25H27ClN4O2. The summed E-state index contributed by atoms with van der Waals surface area (Å²) in [5.74, 6) is -1.37. The lowest BCUT2D eigenvalue weighted by atomic mass is 9.98. The van der Waals surface area contributed by atoms with E-state index in [-0.39, 0.29) is 6.04 Å². The van der Waals surface area contributed by atoms with Crippen LogP contribution >= 0.6 is 11.6 Å². The largest absolute Gasteiger partial charge is 0.353 e. The lowest BCUT2D eigenvalue weighted by Crippen LogP contribution is -2.44. The van der Waals surface area contributed by atoms with E-state index in [0.717, 1.165) is 30.8 Å². The van der Waals surface area contributed by atoms with E-state index >= 15 is 0 Å². The summed E-state index contributed by atoms with van der Waals surface area (Å²) >= 11 is 6.02. The molecule has 4 rings (SSSR count). The zero-order valence-electron chi connectivity index (χ0n) is 18.3. The molecule has 0 radical (unpaired) electrons. The Balaban J connectivity index is 1.46. The van der Waals surface area contributed by atoms with Crippen molar-refractivity contribution in [1.82, 2.24) is 14.8 Å². The van der Waals surface area contributed by atoms with Gasteiger partial charge in [-0.3, -0.25) is 14.5 Å². The zero-order chi connectivity index (χ0) is 22.7. The van der Waals surface area contributed by atoms with Crippen LogP contribution in [0.3, 0.4) is 0 Å². The van der Waals surface area contributed by atoms with E-state index in [2.05, 4.69) is 50.4 Å². The van der Waals surface area contributed by atoms with Crippen molar-refractivity contribution < 1.29 is 9.59 Å². The maximum atomic E-state index is 12.6. The average molecular weight is 451 g/mol. The number of halogens is 1. The van der Waals surface area contributed by atoms with Crippen LogP contribution < -0.4 is 10.6 Å². The molecule has 0 saturated carbocycles. The molecule has 3 aromatic rings. The van der Waals surface area contributed by atoms with E-state index in [1.165, 1.54) is 11.1 Å². The fourth-order valence-corrected chi connectivity index (χ4v) is 4.37. The molecule has 0 fully saturated rings. The fourth-order valence-electron chi connectivity index (χ4n) is 4.20. The van der Waals surface area contributed by atoms with Crippen LogP contribution in [0.1, 0.15) is 28.4 Å². The van der Waals surface area contributed by atoms with Gasteiger partial charge >= 0.3 is 11.8 Å². The number of amides is 2. The Morgan fingerprint density at radius 2 is 1.84 bits per heavy atom. The topological polar surface area (TPSA) is 66.4 Å². The molecule has 2 amide bonds. The molecule has 2 aromatic carbocycles. The minimum Gasteiger partial charge on any atom is -0.353 e. The van der Waals surface area contributed by atoms with Crippen LogP contribution in [0.2, 0.25) is 5.02 Å². The first-order valence-corrected chi connectivity index (χ1v) is 11.1. The van der Waals surface area contributed by atoms with Crippen molar-refractivity contribution in [2.24, 2.45) is 7.05 Å². The molecule has 1 aliphatic heterocycles. The van der Waals surface area contributed by atoms with Crippen LogP contribution in [0.15, 0.2) is 60.8 Å². The Morgan fingerprint density at radius 3 is 2.59 bits per heavy atom. The highest BCUT2D eigenvalue weighted by Crippen LogP contribution is 2.28. The summed E-state index contributed by atoms with van der Waals surface area (Å²) in [5.41, 5.74) is 5.14. The van der Waals surface area contributed by atoms with Crippen LogP contribution in [-0.4, -0.2) is 34.4 Å². The maximum absolute atomic E-state index is 12.6. The Bertz CT molecular complexity index is 1140. The minimum atomic E-state index is -0.704. The molecular weight excluding hydrogens is 424 g/mol. The summed E-state index contributed by atoms with van der Waals surface area (Å²) in [6, 6.07) is 17.7. The van der Waals surface area contributed by atoms with Gasteiger partial charge in [0.25, 0.3) is 0 Å². The Morgan fingerprint density at radius 1 is 1.06 bits per heavy atom. The van der Waals surface area contributed by atoms with Crippen molar-refractivity contribution in [2.75, 3.05) is 18.4 Å². The quantitative estimate of drug-likeness (QED) is 0.580. The molecule has 6 nitrogen and oxygen atoms in total. The molecule has 2 heterocycles. The number of nitrogens with one attached hydrogen (secondary N) is 2. The predicted octanol–water partition coefficient (Wildman–Crippen LogP) is 3.84. The minimum absolute atomic E-state index is 0.0481. The normalized spacial score (nSPS) is 14.5. The van der Waals surface area contributed by atoms with Gasteiger partial charge in [0.2, 0.25) is 0 Å². The smallest absolute Gasteiger partial charge is 0.313 e. The van der Waals surface area contributed by atoms with Crippen molar-refractivity contribution in [3.63, 3.8) is 0 Å². The van der Waals surface area contributed by atoms with Gasteiger partial charge in [0, 0.05) is 49.3 Å². The summed E-state index contributed by atoms with van der Waals surface area (Å²) in [6.07, 6.45) is 2.95. The van der Waals surface area contributed by atoms with E-state index in [4.69, 9.17) is 11.6 Å². The van der Waals surface area contributed by atoms with Gasteiger partial charge in [-0.25, -0.2) is 0 Å². The van der Waals surface area contributed by atoms with E-state index in [1.807, 2.05) is 26.2 Å². The molecule has 1 unspecified atom stereocenters. The standard InChI is InChI=1S/C25H27ClN4O2/c1-17-9-10-20(26)14-21(17)28-25(32)24(31)27-15-23(22-8-5-12-29(22)2)30-13-11-18-6-3-4-7-19(18)16-30/h3-10,12,14,23H,11,13,15-16H2,1-2H3,(H,27,31)(H,28,32). The monoisotopic (exact) mass is 450 g/mol. The highest BCUT2D eigenvalue weighted by Gasteiger charge is 2.27. The summed E-state index contributed by atoms with van der Waals surface area (Å²) in [7, 11) is 2.00. The van der Waals surface area contributed by atoms with Crippen molar-refractivity contribution >= 4 is 29.1 Å². The average Bonchev–Trinajstić information content (AvgIpc) is 3.21. The molecule has 7 heteroatoms. The Kier molecular flexibility index (Phi) is 6.63. The van der Waals surface area contributed by atoms with Gasteiger partial charge < -0.3 is 15.2 Å². The molecule has 2 N–H and O–H groups in total. The molecule has 32 heavy (non-hydrogen) atoms. The van der Waals surface area contributed by atoms with Gasteiger partial charge in [0.15, 0.2) is 0 Å². The summed E-state index contributed by atoms with van der Waals surface area (Å²) in [5, 5.41) is 5.99. The number of fused-ring (bicyclic) bond motifs is 1. The third-order valence-electron chi connectivity index (χ3n) is 6.04. The molecule has 1 aliphatic rings. The molecule has 166 valence electrons. The molecule has 0 bridgehead atoms. The molecule has 1 atom stereocenters. The van der Waals surface area contributed by atoms with E-state index < -0.39 is 11.8 Å². The number of aromatic nitrogens is 1. The molecule has 0 aliphatic carbocycles. The SMILES string of the molecule is Cc1ccc(Cl)cc1NC(=O)C(=O)NCC(c1cccn1C)N1CCc2ccccc2C1. The maximum Gasteiger partial charge on any atom is 0.313 e. The predicted molar refractivity (Wildman–Crippen MR) is 127 cm³/mol. The van der Waals surface area contributed by atoms with Crippen LogP contribution in [0.25, 0.3) is 0 Å². The van der Waals surface area contributed by atoms with Gasteiger partial charge in [-0.15, -0.1) is 0 Å². The third kappa shape index (κ3) is 4.87.